The molecule has 9 heteroatoms. The lowest BCUT2D eigenvalue weighted by atomic mass is 10.1. The number of aliphatic hydroxyl groups is 1. The van der Waals surface area contributed by atoms with Gasteiger partial charge in [0.1, 0.15) is 23.2 Å². The Bertz CT molecular complexity index is 1400. The number of para-hydroxylation sites is 1. The van der Waals surface area contributed by atoms with Crippen molar-refractivity contribution in [1.29, 1.82) is 0 Å². The van der Waals surface area contributed by atoms with Crippen molar-refractivity contribution in [1.82, 2.24) is 15.3 Å². The van der Waals surface area contributed by atoms with Gasteiger partial charge in [0.05, 0.1) is 11.1 Å². The van der Waals surface area contributed by atoms with Gasteiger partial charge in [-0.15, -0.1) is 0 Å². The smallest absolute Gasteiger partial charge is 0.253 e. The molecule has 3 aromatic carbocycles. The van der Waals surface area contributed by atoms with Crippen molar-refractivity contribution in [3.8, 4) is 17.1 Å². The first kappa shape index (κ1) is 22.7. The van der Waals surface area contributed by atoms with Crippen molar-refractivity contribution in [3.05, 3.63) is 83.9 Å². The van der Waals surface area contributed by atoms with Crippen molar-refractivity contribution in [2.75, 3.05) is 18.0 Å². The fourth-order valence-corrected chi connectivity index (χ4v) is 4.26. The Hall–Kier alpha value is -4.11. The molecule has 1 aliphatic heterocycles. The molecule has 4 aromatic rings. The number of phenolic OH excluding ortho intramolecular Hbond substituents is 1. The summed E-state index contributed by atoms with van der Waals surface area (Å²) >= 11 is 0. The number of benzene rings is 3. The number of carbonyl (C=O) groups is 1. The first-order chi connectivity index (χ1) is 16.9. The molecule has 2 atom stereocenters. The van der Waals surface area contributed by atoms with E-state index in [1.54, 1.807) is 30.3 Å². The molecular weight excluding hydrogens is 454 g/mol. The van der Waals surface area contributed by atoms with Crippen LogP contribution in [0.1, 0.15) is 18.1 Å². The van der Waals surface area contributed by atoms with Crippen LogP contribution in [0.5, 0.6) is 5.75 Å². The number of hydrogen-bond donors (Lipinski definition) is 3. The first-order valence-corrected chi connectivity index (χ1v) is 11.1. The summed E-state index contributed by atoms with van der Waals surface area (Å²) in [6.07, 6.45) is -0.847. The molecule has 2 heterocycles. The van der Waals surface area contributed by atoms with E-state index in [0.717, 1.165) is 0 Å². The Morgan fingerprint density at radius 2 is 1.77 bits per heavy atom. The summed E-state index contributed by atoms with van der Waals surface area (Å²) in [7, 11) is 0. The quantitative estimate of drug-likeness (QED) is 0.406. The van der Waals surface area contributed by atoms with Gasteiger partial charge in [-0.05, 0) is 54.4 Å². The summed E-state index contributed by atoms with van der Waals surface area (Å²) in [6, 6.07) is 15.8. The lowest BCUT2D eigenvalue weighted by Gasteiger charge is -2.21. The molecule has 178 valence electrons. The third kappa shape index (κ3) is 4.63. The van der Waals surface area contributed by atoms with Crippen LogP contribution >= 0.6 is 0 Å². The third-order valence-corrected chi connectivity index (χ3v) is 6.05. The van der Waals surface area contributed by atoms with Crippen molar-refractivity contribution in [3.63, 3.8) is 0 Å². The van der Waals surface area contributed by atoms with E-state index in [1.807, 2.05) is 4.90 Å². The predicted octanol–water partition coefficient (Wildman–Crippen LogP) is 3.71. The number of phenols is 1. The van der Waals surface area contributed by atoms with Crippen molar-refractivity contribution >= 4 is 22.6 Å². The second-order valence-corrected chi connectivity index (χ2v) is 8.44. The maximum absolute atomic E-state index is 14.1. The van der Waals surface area contributed by atoms with Gasteiger partial charge in [0.2, 0.25) is 0 Å². The van der Waals surface area contributed by atoms with Gasteiger partial charge in [0.15, 0.2) is 11.9 Å². The lowest BCUT2D eigenvalue weighted by molar-refractivity contribution is -0.130. The Balaban J connectivity index is 1.40. The van der Waals surface area contributed by atoms with E-state index >= 15 is 0 Å². The first-order valence-electron chi connectivity index (χ1n) is 11.1. The van der Waals surface area contributed by atoms with Crippen LogP contribution in [0.4, 0.5) is 14.6 Å². The van der Waals surface area contributed by atoms with E-state index in [1.165, 1.54) is 36.4 Å². The van der Waals surface area contributed by atoms with Crippen LogP contribution in [0.15, 0.2) is 66.7 Å². The van der Waals surface area contributed by atoms with Crippen LogP contribution in [-0.2, 0) is 4.79 Å². The zero-order chi connectivity index (χ0) is 24.5. The predicted molar refractivity (Wildman–Crippen MR) is 127 cm³/mol. The summed E-state index contributed by atoms with van der Waals surface area (Å²) in [5, 5.41) is 24.0. The Morgan fingerprint density at radius 1 is 1.03 bits per heavy atom. The molecule has 0 spiro atoms. The van der Waals surface area contributed by atoms with E-state index in [0.29, 0.717) is 53.2 Å². The van der Waals surface area contributed by atoms with Gasteiger partial charge < -0.3 is 20.4 Å². The molecule has 3 N–H and O–H groups in total. The SMILES string of the molecule is O=C(N[C@@H]1CCN(c2nc(-c3ccccc3O)nc3ccc(F)cc23)C1)C(O)c1ccc(F)cc1. The molecule has 7 nitrogen and oxygen atoms in total. The summed E-state index contributed by atoms with van der Waals surface area (Å²) in [4.78, 5) is 23.7. The monoisotopic (exact) mass is 476 g/mol. The van der Waals surface area contributed by atoms with Crippen LogP contribution in [0.2, 0.25) is 0 Å². The van der Waals surface area contributed by atoms with Gasteiger partial charge >= 0.3 is 0 Å². The van der Waals surface area contributed by atoms with Crippen LogP contribution in [0.3, 0.4) is 0 Å². The van der Waals surface area contributed by atoms with Gasteiger partial charge in [-0.25, -0.2) is 18.7 Å². The molecule has 1 unspecified atom stereocenters. The lowest BCUT2D eigenvalue weighted by Crippen LogP contribution is -2.40. The van der Waals surface area contributed by atoms with Crippen molar-refractivity contribution < 1.29 is 23.8 Å². The highest BCUT2D eigenvalue weighted by Gasteiger charge is 2.29. The molecule has 0 radical (unpaired) electrons. The number of carbonyl (C=O) groups excluding carboxylic acids is 1. The van der Waals surface area contributed by atoms with Gasteiger partial charge in [0, 0.05) is 24.5 Å². The largest absolute Gasteiger partial charge is 0.507 e. The number of aliphatic hydroxyl groups excluding tert-OH is 1. The highest BCUT2D eigenvalue weighted by Crippen LogP contribution is 2.33. The van der Waals surface area contributed by atoms with Crippen molar-refractivity contribution in [2.24, 2.45) is 0 Å². The molecule has 5 rings (SSSR count). The normalized spacial score (nSPS) is 16.4. The fourth-order valence-electron chi connectivity index (χ4n) is 4.26. The number of nitrogens with zero attached hydrogens (tertiary/aromatic N) is 3. The van der Waals surface area contributed by atoms with E-state index in [-0.39, 0.29) is 11.8 Å². The minimum Gasteiger partial charge on any atom is -0.507 e. The zero-order valence-corrected chi connectivity index (χ0v) is 18.5. The highest BCUT2D eigenvalue weighted by molar-refractivity contribution is 5.91. The molecule has 35 heavy (non-hydrogen) atoms. The molecule has 0 aliphatic carbocycles. The Labute approximate surface area is 199 Å². The van der Waals surface area contributed by atoms with Crippen LogP contribution in [0, 0.1) is 11.6 Å². The Morgan fingerprint density at radius 3 is 2.54 bits per heavy atom. The van der Waals surface area contributed by atoms with E-state index in [4.69, 9.17) is 0 Å². The van der Waals surface area contributed by atoms with Gasteiger partial charge in [-0.1, -0.05) is 24.3 Å². The minimum absolute atomic E-state index is 0.0289. The molecule has 1 saturated heterocycles. The zero-order valence-electron chi connectivity index (χ0n) is 18.5. The fraction of sp³-hybridized carbons (Fsp3) is 0.192. The standard InChI is InChI=1S/C26H22F2N4O3/c27-16-7-5-15(6-8-16)23(34)26(35)29-18-11-12-32(14-18)25-20-13-17(28)9-10-21(20)30-24(31-25)19-3-1-2-4-22(19)33/h1-10,13,18,23,33-34H,11-12,14H2,(H,29,35)/t18-,23?/m1/s1. The van der Waals surface area contributed by atoms with E-state index in [9.17, 15) is 23.8 Å². The summed E-state index contributed by atoms with van der Waals surface area (Å²) in [5.74, 6) is -0.646. The summed E-state index contributed by atoms with van der Waals surface area (Å²) in [6.45, 7) is 0.908. The number of fused-ring (bicyclic) bond motifs is 1. The van der Waals surface area contributed by atoms with E-state index in [2.05, 4.69) is 15.3 Å². The van der Waals surface area contributed by atoms with Crippen LogP contribution < -0.4 is 10.2 Å². The van der Waals surface area contributed by atoms with E-state index < -0.39 is 23.6 Å². The maximum atomic E-state index is 14.1. The number of aromatic hydroxyl groups is 1. The number of hydrogen-bond acceptors (Lipinski definition) is 6. The number of aromatic nitrogens is 2. The number of anilines is 1. The average molecular weight is 476 g/mol. The molecule has 1 amide bonds. The molecule has 1 fully saturated rings. The molecule has 0 bridgehead atoms. The third-order valence-electron chi connectivity index (χ3n) is 6.05. The van der Waals surface area contributed by atoms with Crippen LogP contribution in [-0.4, -0.2) is 45.2 Å². The number of halogens is 2. The summed E-state index contributed by atoms with van der Waals surface area (Å²) in [5.41, 5.74) is 1.27. The summed E-state index contributed by atoms with van der Waals surface area (Å²) < 4.78 is 27.2. The Kier molecular flexibility index (Phi) is 6.00. The van der Waals surface area contributed by atoms with Gasteiger partial charge in [0.25, 0.3) is 5.91 Å². The minimum atomic E-state index is -1.42. The average Bonchev–Trinajstić information content (AvgIpc) is 3.32. The van der Waals surface area contributed by atoms with Crippen molar-refractivity contribution in [2.45, 2.75) is 18.6 Å². The van der Waals surface area contributed by atoms with Gasteiger partial charge in [-0.2, -0.15) is 0 Å². The molecule has 0 saturated carbocycles. The molecular formula is C26H22F2N4O3. The molecule has 1 aliphatic rings. The molecule has 1 aromatic heterocycles. The van der Waals surface area contributed by atoms with Crippen LogP contribution in [0.25, 0.3) is 22.3 Å². The van der Waals surface area contributed by atoms with Gasteiger partial charge in [-0.3, -0.25) is 4.79 Å². The second-order valence-electron chi connectivity index (χ2n) is 8.44. The number of nitrogens with one attached hydrogen (secondary N) is 1. The highest BCUT2D eigenvalue weighted by atomic mass is 19.1. The second kappa shape index (κ2) is 9.27. The topological polar surface area (TPSA) is 98.6 Å². The number of amides is 1. The number of rotatable bonds is 5. The maximum Gasteiger partial charge on any atom is 0.253 e.